The van der Waals surface area contributed by atoms with Crippen molar-refractivity contribution in [2.45, 2.75) is 32.7 Å². The van der Waals surface area contributed by atoms with Gasteiger partial charge in [0.1, 0.15) is 5.69 Å². The van der Waals surface area contributed by atoms with Crippen LogP contribution < -0.4 is 5.32 Å². The molecular weight excluding hydrogens is 246 g/mol. The minimum atomic E-state index is -0.376. The molecule has 1 aromatic rings. The van der Waals surface area contributed by atoms with Gasteiger partial charge >= 0.3 is 0 Å². The molecule has 1 N–H and O–H groups in total. The fraction of sp³-hybridized carbons (Fsp3) is 0.615. The van der Waals surface area contributed by atoms with Crippen molar-refractivity contribution in [1.29, 1.82) is 0 Å². The van der Waals surface area contributed by atoms with Crippen molar-refractivity contribution in [2.75, 3.05) is 20.3 Å². The standard InChI is InChI=1S/C13H21N3O3/c1-4-5-14-11(9-19-3)7-12-13(16(17)18)6-10(2)8-15-12/h6,8,11,14H,4-5,7,9H2,1-3H3. The largest absolute Gasteiger partial charge is 0.383 e. The van der Waals surface area contributed by atoms with E-state index in [2.05, 4.69) is 17.2 Å². The molecule has 6 heteroatoms. The topological polar surface area (TPSA) is 77.3 Å². The van der Waals surface area contributed by atoms with Crippen LogP contribution in [0.4, 0.5) is 5.69 Å². The minimum absolute atomic E-state index is 0.0406. The van der Waals surface area contributed by atoms with E-state index >= 15 is 0 Å². The third kappa shape index (κ3) is 4.92. The first-order valence-electron chi connectivity index (χ1n) is 6.40. The van der Waals surface area contributed by atoms with E-state index < -0.39 is 0 Å². The Morgan fingerprint density at radius 3 is 2.89 bits per heavy atom. The Labute approximate surface area is 113 Å². The van der Waals surface area contributed by atoms with Crippen LogP contribution in [0.2, 0.25) is 0 Å². The zero-order valence-corrected chi connectivity index (χ0v) is 11.7. The number of methoxy groups -OCH3 is 1. The van der Waals surface area contributed by atoms with E-state index in [1.807, 2.05) is 0 Å². The minimum Gasteiger partial charge on any atom is -0.383 e. The van der Waals surface area contributed by atoms with Crippen LogP contribution in [-0.4, -0.2) is 36.2 Å². The van der Waals surface area contributed by atoms with Crippen LogP contribution in [0.1, 0.15) is 24.6 Å². The molecule has 1 aromatic heterocycles. The zero-order chi connectivity index (χ0) is 14.3. The molecule has 0 saturated carbocycles. The first-order chi connectivity index (χ1) is 9.08. The SMILES string of the molecule is CCCNC(COC)Cc1ncc(C)cc1[N+](=O)[O-]. The number of rotatable bonds is 8. The van der Waals surface area contributed by atoms with Crippen LogP contribution in [-0.2, 0) is 11.2 Å². The summed E-state index contributed by atoms with van der Waals surface area (Å²) in [7, 11) is 1.62. The van der Waals surface area contributed by atoms with E-state index in [0.717, 1.165) is 18.5 Å². The van der Waals surface area contributed by atoms with Gasteiger partial charge in [-0.15, -0.1) is 0 Å². The predicted octanol–water partition coefficient (Wildman–Crippen LogP) is 1.86. The molecule has 1 unspecified atom stereocenters. The average molecular weight is 267 g/mol. The van der Waals surface area contributed by atoms with E-state index in [9.17, 15) is 10.1 Å². The van der Waals surface area contributed by atoms with Crippen LogP contribution in [0.5, 0.6) is 0 Å². The summed E-state index contributed by atoms with van der Waals surface area (Å²) in [5.41, 5.74) is 1.38. The molecule has 0 aliphatic rings. The van der Waals surface area contributed by atoms with Crippen molar-refractivity contribution >= 4 is 5.69 Å². The highest BCUT2D eigenvalue weighted by Gasteiger charge is 2.19. The van der Waals surface area contributed by atoms with Crippen LogP contribution in [0.15, 0.2) is 12.3 Å². The van der Waals surface area contributed by atoms with Gasteiger partial charge in [0, 0.05) is 31.8 Å². The summed E-state index contributed by atoms with van der Waals surface area (Å²) in [5.74, 6) is 0. The van der Waals surface area contributed by atoms with Crippen molar-refractivity contribution < 1.29 is 9.66 Å². The van der Waals surface area contributed by atoms with Gasteiger partial charge in [-0.05, 0) is 25.5 Å². The molecule has 6 nitrogen and oxygen atoms in total. The second kappa shape index (κ2) is 7.81. The zero-order valence-electron chi connectivity index (χ0n) is 11.7. The second-order valence-corrected chi connectivity index (χ2v) is 4.55. The van der Waals surface area contributed by atoms with E-state index in [1.165, 1.54) is 0 Å². The number of nitrogens with one attached hydrogen (secondary N) is 1. The van der Waals surface area contributed by atoms with Gasteiger partial charge < -0.3 is 10.1 Å². The van der Waals surface area contributed by atoms with Crippen molar-refractivity contribution in [2.24, 2.45) is 0 Å². The normalized spacial score (nSPS) is 12.4. The first-order valence-corrected chi connectivity index (χ1v) is 6.40. The number of ether oxygens (including phenoxy) is 1. The Kier molecular flexibility index (Phi) is 6.38. The summed E-state index contributed by atoms with van der Waals surface area (Å²) in [6, 6.07) is 1.60. The number of nitrogens with zero attached hydrogens (tertiary/aromatic N) is 2. The van der Waals surface area contributed by atoms with Crippen molar-refractivity contribution in [1.82, 2.24) is 10.3 Å². The molecule has 0 bridgehead atoms. The van der Waals surface area contributed by atoms with Crippen molar-refractivity contribution in [3.63, 3.8) is 0 Å². The lowest BCUT2D eigenvalue weighted by Crippen LogP contribution is -2.36. The smallest absolute Gasteiger partial charge is 0.291 e. The highest BCUT2D eigenvalue weighted by atomic mass is 16.6. The molecule has 0 fully saturated rings. The third-order valence-electron chi connectivity index (χ3n) is 2.77. The molecule has 1 atom stereocenters. The maximum Gasteiger partial charge on any atom is 0.291 e. The maximum absolute atomic E-state index is 11.0. The van der Waals surface area contributed by atoms with Crippen molar-refractivity contribution in [3.8, 4) is 0 Å². The molecule has 0 aliphatic carbocycles. The van der Waals surface area contributed by atoms with Gasteiger partial charge in [0.2, 0.25) is 0 Å². The van der Waals surface area contributed by atoms with Gasteiger partial charge in [0.05, 0.1) is 11.5 Å². The third-order valence-corrected chi connectivity index (χ3v) is 2.77. The molecule has 19 heavy (non-hydrogen) atoms. The second-order valence-electron chi connectivity index (χ2n) is 4.55. The summed E-state index contributed by atoms with van der Waals surface area (Å²) >= 11 is 0. The van der Waals surface area contributed by atoms with E-state index in [1.54, 1.807) is 26.3 Å². The quantitative estimate of drug-likeness (QED) is 0.574. The fourth-order valence-corrected chi connectivity index (χ4v) is 1.87. The average Bonchev–Trinajstić information content (AvgIpc) is 2.38. The molecule has 1 heterocycles. The van der Waals surface area contributed by atoms with E-state index in [4.69, 9.17) is 4.74 Å². The maximum atomic E-state index is 11.0. The molecule has 0 radical (unpaired) electrons. The van der Waals surface area contributed by atoms with Crippen LogP contribution >= 0.6 is 0 Å². The number of pyridine rings is 1. The summed E-state index contributed by atoms with van der Waals surface area (Å²) in [6.07, 6.45) is 3.15. The molecule has 0 saturated heterocycles. The summed E-state index contributed by atoms with van der Waals surface area (Å²) < 4.78 is 5.14. The number of aromatic nitrogens is 1. The predicted molar refractivity (Wildman–Crippen MR) is 73.3 cm³/mol. The van der Waals surface area contributed by atoms with Gasteiger partial charge in [0.25, 0.3) is 5.69 Å². The van der Waals surface area contributed by atoms with Crippen LogP contribution in [0, 0.1) is 17.0 Å². The molecular formula is C13H21N3O3. The van der Waals surface area contributed by atoms with Crippen LogP contribution in [0.3, 0.4) is 0 Å². The van der Waals surface area contributed by atoms with Gasteiger partial charge in [-0.3, -0.25) is 15.1 Å². The van der Waals surface area contributed by atoms with E-state index in [0.29, 0.717) is 18.7 Å². The first kappa shape index (κ1) is 15.5. The number of nitro groups is 1. The summed E-state index contributed by atoms with van der Waals surface area (Å²) in [4.78, 5) is 14.9. The number of hydrogen-bond acceptors (Lipinski definition) is 5. The van der Waals surface area contributed by atoms with E-state index in [-0.39, 0.29) is 16.7 Å². The number of aryl methyl sites for hydroxylation is 1. The summed E-state index contributed by atoms with van der Waals surface area (Å²) in [5, 5.41) is 14.4. The Morgan fingerprint density at radius 2 is 2.32 bits per heavy atom. The number of hydrogen-bond donors (Lipinski definition) is 1. The Balaban J connectivity index is 2.85. The molecule has 0 amide bonds. The summed E-state index contributed by atoms with van der Waals surface area (Å²) in [6.45, 7) is 5.23. The Morgan fingerprint density at radius 1 is 1.58 bits per heavy atom. The van der Waals surface area contributed by atoms with Gasteiger partial charge in [-0.1, -0.05) is 6.92 Å². The highest BCUT2D eigenvalue weighted by Crippen LogP contribution is 2.19. The Hall–Kier alpha value is -1.53. The fourth-order valence-electron chi connectivity index (χ4n) is 1.87. The monoisotopic (exact) mass is 267 g/mol. The molecule has 106 valence electrons. The lowest BCUT2D eigenvalue weighted by atomic mass is 10.1. The molecule has 1 rings (SSSR count). The van der Waals surface area contributed by atoms with Crippen molar-refractivity contribution in [3.05, 3.63) is 33.6 Å². The van der Waals surface area contributed by atoms with Gasteiger partial charge in [-0.25, -0.2) is 0 Å². The molecule has 0 spiro atoms. The highest BCUT2D eigenvalue weighted by molar-refractivity contribution is 5.38. The van der Waals surface area contributed by atoms with Gasteiger partial charge in [0.15, 0.2) is 0 Å². The Bertz CT molecular complexity index is 424. The molecule has 0 aliphatic heterocycles. The molecule has 0 aromatic carbocycles. The lowest BCUT2D eigenvalue weighted by Gasteiger charge is -2.17. The van der Waals surface area contributed by atoms with Crippen LogP contribution in [0.25, 0.3) is 0 Å². The van der Waals surface area contributed by atoms with Gasteiger partial charge in [-0.2, -0.15) is 0 Å². The lowest BCUT2D eigenvalue weighted by molar-refractivity contribution is -0.386.